The van der Waals surface area contributed by atoms with Gasteiger partial charge in [-0.2, -0.15) is 0 Å². The number of rotatable bonds is 7. The third kappa shape index (κ3) is 5.93. The molecule has 1 unspecified atom stereocenters. The van der Waals surface area contributed by atoms with E-state index in [-0.39, 0.29) is 17.9 Å². The van der Waals surface area contributed by atoms with Gasteiger partial charge in [0.1, 0.15) is 0 Å². The summed E-state index contributed by atoms with van der Waals surface area (Å²) < 4.78 is 0.883. The second-order valence-electron chi connectivity index (χ2n) is 6.55. The minimum Gasteiger partial charge on any atom is -0.352 e. The summed E-state index contributed by atoms with van der Waals surface area (Å²) in [6.45, 7) is 11.5. The molecule has 1 fully saturated rings. The fourth-order valence-corrected chi connectivity index (χ4v) is 3.47. The summed E-state index contributed by atoms with van der Waals surface area (Å²) >= 11 is 3.49. The van der Waals surface area contributed by atoms with Crippen LogP contribution in [0.2, 0.25) is 0 Å². The molecule has 1 atom stereocenters. The van der Waals surface area contributed by atoms with Crippen LogP contribution in [-0.4, -0.2) is 66.9 Å². The number of nitrogens with one attached hydrogen (secondary N) is 2. The average molecular weight is 423 g/mol. The van der Waals surface area contributed by atoms with Crippen LogP contribution in [0.5, 0.6) is 0 Å². The van der Waals surface area contributed by atoms with Crippen LogP contribution in [-0.2, 0) is 9.59 Å². The van der Waals surface area contributed by atoms with Crippen molar-refractivity contribution < 1.29 is 9.59 Å². The average Bonchev–Trinajstić information content (AvgIpc) is 2.62. The monoisotopic (exact) mass is 422 g/mol. The molecule has 6 nitrogen and oxygen atoms in total. The lowest BCUT2D eigenvalue weighted by atomic mass is 10.2. The zero-order chi connectivity index (χ0) is 19.1. The number of carbonyl (C=O) groups excluding carboxylic acids is 2. The van der Waals surface area contributed by atoms with Crippen molar-refractivity contribution in [3.8, 4) is 0 Å². The Morgan fingerprint density at radius 2 is 2.00 bits per heavy atom. The van der Waals surface area contributed by atoms with Gasteiger partial charge in [-0.15, -0.1) is 6.58 Å². The largest absolute Gasteiger partial charge is 0.352 e. The molecule has 0 bridgehead atoms. The second kappa shape index (κ2) is 9.85. The quantitative estimate of drug-likeness (QED) is 0.659. The lowest BCUT2D eigenvalue weighted by Gasteiger charge is -2.37. The number of carbonyl (C=O) groups is 2. The molecule has 7 heteroatoms. The Kier molecular flexibility index (Phi) is 7.81. The minimum absolute atomic E-state index is 0.00774. The van der Waals surface area contributed by atoms with Gasteiger partial charge in [0.25, 0.3) is 0 Å². The van der Waals surface area contributed by atoms with Gasteiger partial charge in [0, 0.05) is 37.2 Å². The lowest BCUT2D eigenvalue weighted by molar-refractivity contribution is -0.124. The molecular formula is C19H27BrN4O2. The zero-order valence-electron chi connectivity index (χ0n) is 15.4. The lowest BCUT2D eigenvalue weighted by Crippen LogP contribution is -2.54. The van der Waals surface area contributed by atoms with Crippen molar-refractivity contribution >= 4 is 33.4 Å². The van der Waals surface area contributed by atoms with Crippen molar-refractivity contribution in [2.75, 3.05) is 44.6 Å². The first-order chi connectivity index (χ1) is 12.4. The van der Waals surface area contributed by atoms with Crippen molar-refractivity contribution in [3.63, 3.8) is 0 Å². The van der Waals surface area contributed by atoms with E-state index in [0.717, 1.165) is 41.9 Å². The molecule has 0 aliphatic carbocycles. The van der Waals surface area contributed by atoms with Gasteiger partial charge in [-0.1, -0.05) is 12.1 Å². The molecule has 1 heterocycles. The van der Waals surface area contributed by atoms with Crippen LogP contribution in [0, 0.1) is 6.92 Å². The van der Waals surface area contributed by atoms with E-state index in [1.807, 2.05) is 32.0 Å². The van der Waals surface area contributed by atoms with E-state index in [2.05, 4.69) is 42.9 Å². The van der Waals surface area contributed by atoms with Crippen LogP contribution in [0.4, 0.5) is 5.69 Å². The van der Waals surface area contributed by atoms with Crippen molar-refractivity contribution in [3.05, 3.63) is 40.9 Å². The van der Waals surface area contributed by atoms with E-state index >= 15 is 0 Å². The number of hydrogen-bond acceptors (Lipinski definition) is 4. The van der Waals surface area contributed by atoms with Gasteiger partial charge in [-0.3, -0.25) is 19.4 Å². The number of anilines is 1. The fraction of sp³-hybridized carbons (Fsp3) is 0.474. The first-order valence-electron chi connectivity index (χ1n) is 8.81. The summed E-state index contributed by atoms with van der Waals surface area (Å²) in [5.41, 5.74) is 1.92. The minimum atomic E-state index is -0.222. The highest BCUT2D eigenvalue weighted by Crippen LogP contribution is 2.23. The highest BCUT2D eigenvalue weighted by molar-refractivity contribution is 9.10. The van der Waals surface area contributed by atoms with Crippen LogP contribution in [0.15, 0.2) is 35.3 Å². The maximum Gasteiger partial charge on any atom is 0.241 e. The van der Waals surface area contributed by atoms with Gasteiger partial charge in [-0.25, -0.2) is 0 Å². The number of hydrogen-bond donors (Lipinski definition) is 2. The van der Waals surface area contributed by atoms with Crippen LogP contribution in [0.25, 0.3) is 0 Å². The summed E-state index contributed by atoms with van der Waals surface area (Å²) in [5.74, 6) is -0.0138. The van der Waals surface area contributed by atoms with E-state index in [0.29, 0.717) is 13.1 Å². The van der Waals surface area contributed by atoms with E-state index in [4.69, 9.17) is 0 Å². The molecule has 0 aromatic heterocycles. The van der Waals surface area contributed by atoms with Gasteiger partial charge in [0.2, 0.25) is 11.8 Å². The van der Waals surface area contributed by atoms with Crippen molar-refractivity contribution in [2.45, 2.75) is 19.9 Å². The van der Waals surface area contributed by atoms with Crippen molar-refractivity contribution in [2.24, 2.45) is 0 Å². The third-order valence-electron chi connectivity index (χ3n) is 4.53. The Hall–Kier alpha value is -1.70. The molecule has 2 N–H and O–H groups in total. The Bertz CT molecular complexity index is 657. The number of aryl methyl sites for hydroxylation is 1. The van der Waals surface area contributed by atoms with E-state index < -0.39 is 0 Å². The standard InChI is InChI=1S/C19H27BrN4O2/c1-4-7-21-18(25)13-23-8-10-24(11-9-23)15(3)19(26)22-17-6-5-14(2)12-16(17)20/h4-6,12,15H,1,7-11,13H2,2-3H3,(H,21,25)(H,22,26). The molecule has 1 aliphatic rings. The molecule has 0 radical (unpaired) electrons. The van der Waals surface area contributed by atoms with Crippen LogP contribution < -0.4 is 10.6 Å². The molecule has 142 valence electrons. The molecule has 0 spiro atoms. The predicted octanol–water partition coefficient (Wildman–Crippen LogP) is 2.00. The summed E-state index contributed by atoms with van der Waals surface area (Å²) in [6.07, 6.45) is 1.67. The number of piperazine rings is 1. The van der Waals surface area contributed by atoms with Gasteiger partial charge < -0.3 is 10.6 Å². The Balaban J connectivity index is 1.81. The molecule has 0 saturated carbocycles. The van der Waals surface area contributed by atoms with Gasteiger partial charge >= 0.3 is 0 Å². The molecule has 2 rings (SSSR count). The topological polar surface area (TPSA) is 64.7 Å². The maximum atomic E-state index is 12.6. The number of halogens is 1. The van der Waals surface area contributed by atoms with Crippen LogP contribution >= 0.6 is 15.9 Å². The van der Waals surface area contributed by atoms with E-state index in [9.17, 15) is 9.59 Å². The molecule has 2 amide bonds. The zero-order valence-corrected chi connectivity index (χ0v) is 17.0. The predicted molar refractivity (Wildman–Crippen MR) is 108 cm³/mol. The molecule has 1 aromatic rings. The molecule has 1 aromatic carbocycles. The highest BCUT2D eigenvalue weighted by atomic mass is 79.9. The number of nitrogens with zero attached hydrogens (tertiary/aromatic N) is 2. The summed E-state index contributed by atoms with van der Waals surface area (Å²) in [7, 11) is 0. The Morgan fingerprint density at radius 1 is 1.31 bits per heavy atom. The maximum absolute atomic E-state index is 12.6. The number of amides is 2. The second-order valence-corrected chi connectivity index (χ2v) is 7.41. The molecular weight excluding hydrogens is 396 g/mol. The highest BCUT2D eigenvalue weighted by Gasteiger charge is 2.26. The van der Waals surface area contributed by atoms with Gasteiger partial charge in [0.05, 0.1) is 18.3 Å². The summed E-state index contributed by atoms with van der Waals surface area (Å²) in [6, 6.07) is 5.64. The third-order valence-corrected chi connectivity index (χ3v) is 5.18. The molecule has 1 aliphatic heterocycles. The first-order valence-corrected chi connectivity index (χ1v) is 9.61. The van der Waals surface area contributed by atoms with Crippen molar-refractivity contribution in [1.82, 2.24) is 15.1 Å². The van der Waals surface area contributed by atoms with Crippen LogP contribution in [0.3, 0.4) is 0 Å². The summed E-state index contributed by atoms with van der Waals surface area (Å²) in [5, 5.41) is 5.77. The van der Waals surface area contributed by atoms with E-state index in [1.54, 1.807) is 6.08 Å². The van der Waals surface area contributed by atoms with E-state index in [1.165, 1.54) is 0 Å². The number of benzene rings is 1. The van der Waals surface area contributed by atoms with Crippen molar-refractivity contribution in [1.29, 1.82) is 0 Å². The molecule has 26 heavy (non-hydrogen) atoms. The van der Waals surface area contributed by atoms with Gasteiger partial charge in [-0.05, 0) is 47.5 Å². The Labute approximate surface area is 163 Å². The van der Waals surface area contributed by atoms with Crippen LogP contribution in [0.1, 0.15) is 12.5 Å². The SMILES string of the molecule is C=CCNC(=O)CN1CCN(C(C)C(=O)Nc2ccc(C)cc2Br)CC1. The Morgan fingerprint density at radius 3 is 2.62 bits per heavy atom. The fourth-order valence-electron chi connectivity index (χ4n) is 2.88. The summed E-state index contributed by atoms with van der Waals surface area (Å²) in [4.78, 5) is 28.6. The molecule has 1 saturated heterocycles. The smallest absolute Gasteiger partial charge is 0.241 e. The normalized spacial score (nSPS) is 16.7. The first kappa shape index (κ1) is 20.6. The van der Waals surface area contributed by atoms with Gasteiger partial charge in [0.15, 0.2) is 0 Å².